The lowest BCUT2D eigenvalue weighted by molar-refractivity contribution is -0.107. The van der Waals surface area contributed by atoms with Crippen LogP contribution in [0.4, 0.5) is 0 Å². The molecule has 0 saturated carbocycles. The van der Waals surface area contributed by atoms with Crippen molar-refractivity contribution in [2.24, 2.45) is 5.92 Å². The monoisotopic (exact) mass is 306 g/mol. The molecular formula is C18H27O2P. The van der Waals surface area contributed by atoms with E-state index in [1.807, 2.05) is 18.2 Å². The zero-order chi connectivity index (χ0) is 15.7. The van der Waals surface area contributed by atoms with Crippen LogP contribution >= 0.6 is 7.92 Å². The molecule has 1 rings (SSSR count). The van der Waals surface area contributed by atoms with Crippen LogP contribution in [0.1, 0.15) is 45.1 Å². The van der Waals surface area contributed by atoms with Crippen LogP contribution in [0.25, 0.3) is 6.08 Å². The largest absolute Gasteiger partial charge is 0.508 e. The van der Waals surface area contributed by atoms with Gasteiger partial charge in [-0.15, -0.1) is 0 Å². The maximum absolute atomic E-state index is 12.2. The van der Waals surface area contributed by atoms with Crippen LogP contribution in [0.5, 0.6) is 5.75 Å². The summed E-state index contributed by atoms with van der Waals surface area (Å²) < 4.78 is 0. The summed E-state index contributed by atoms with van der Waals surface area (Å²) in [5.74, 6) is 0.935. The first-order chi connectivity index (χ1) is 10.1. The van der Waals surface area contributed by atoms with Gasteiger partial charge in [0.15, 0.2) is 5.52 Å². The van der Waals surface area contributed by atoms with Gasteiger partial charge in [-0.05, 0) is 50.4 Å². The minimum Gasteiger partial charge on any atom is -0.508 e. The van der Waals surface area contributed by atoms with E-state index in [2.05, 4.69) is 20.5 Å². The Bertz CT molecular complexity index is 451. The molecule has 0 radical (unpaired) electrons. The Hall–Kier alpha value is -1.14. The first-order valence-electron chi connectivity index (χ1n) is 7.79. The number of hydrogen-bond donors (Lipinski definition) is 1. The number of phenolic OH excluding ortho intramolecular Hbond substituents is 1. The summed E-state index contributed by atoms with van der Waals surface area (Å²) in [5.41, 5.74) is 1.20. The van der Waals surface area contributed by atoms with E-state index in [1.54, 1.807) is 18.2 Å². The normalized spacial score (nSPS) is 14.2. The fourth-order valence-electron chi connectivity index (χ4n) is 2.27. The summed E-state index contributed by atoms with van der Waals surface area (Å²) in [6, 6.07) is 6.90. The maximum atomic E-state index is 12.2. The van der Waals surface area contributed by atoms with E-state index in [4.69, 9.17) is 0 Å². The highest BCUT2D eigenvalue weighted by Gasteiger charge is 2.15. The Morgan fingerprint density at radius 3 is 2.52 bits per heavy atom. The van der Waals surface area contributed by atoms with Gasteiger partial charge >= 0.3 is 0 Å². The SMILES string of the molecule is CCCCC(CC)CP(C)C(=O)/C=C/c1ccc(O)cc1. The number of benzene rings is 1. The van der Waals surface area contributed by atoms with E-state index in [1.165, 1.54) is 25.7 Å². The molecule has 2 unspecified atom stereocenters. The van der Waals surface area contributed by atoms with Crippen LogP contribution < -0.4 is 0 Å². The Morgan fingerprint density at radius 2 is 1.95 bits per heavy atom. The van der Waals surface area contributed by atoms with Crippen molar-refractivity contribution < 1.29 is 9.90 Å². The van der Waals surface area contributed by atoms with E-state index in [0.717, 1.165) is 11.7 Å². The average molecular weight is 306 g/mol. The van der Waals surface area contributed by atoms with E-state index in [0.29, 0.717) is 5.92 Å². The summed E-state index contributed by atoms with van der Waals surface area (Å²) in [6.45, 7) is 6.53. The van der Waals surface area contributed by atoms with Crippen LogP contribution in [0.3, 0.4) is 0 Å². The third-order valence-corrected chi connectivity index (χ3v) is 5.73. The van der Waals surface area contributed by atoms with E-state index in [-0.39, 0.29) is 11.3 Å². The predicted molar refractivity (Wildman–Crippen MR) is 93.2 cm³/mol. The van der Waals surface area contributed by atoms with Crippen LogP contribution in [0.2, 0.25) is 0 Å². The van der Waals surface area contributed by atoms with Gasteiger partial charge in [-0.3, -0.25) is 4.79 Å². The molecule has 2 atom stereocenters. The molecule has 0 bridgehead atoms. The number of rotatable bonds is 9. The third-order valence-electron chi connectivity index (χ3n) is 3.76. The van der Waals surface area contributed by atoms with Gasteiger partial charge in [0.25, 0.3) is 0 Å². The molecule has 0 heterocycles. The average Bonchev–Trinajstić information content (AvgIpc) is 2.50. The zero-order valence-electron chi connectivity index (χ0n) is 13.4. The zero-order valence-corrected chi connectivity index (χ0v) is 14.3. The van der Waals surface area contributed by atoms with Crippen LogP contribution in [-0.4, -0.2) is 23.5 Å². The van der Waals surface area contributed by atoms with Gasteiger partial charge in [0.05, 0.1) is 0 Å². The number of aromatic hydroxyl groups is 1. The fourth-order valence-corrected chi connectivity index (χ4v) is 4.00. The molecule has 0 saturated heterocycles. The van der Waals surface area contributed by atoms with Gasteiger partial charge in [-0.25, -0.2) is 0 Å². The van der Waals surface area contributed by atoms with Crippen molar-refractivity contribution in [3.05, 3.63) is 35.9 Å². The Balaban J connectivity index is 2.51. The molecular weight excluding hydrogens is 279 g/mol. The van der Waals surface area contributed by atoms with Gasteiger partial charge in [0.2, 0.25) is 0 Å². The minimum absolute atomic E-state index is 0.248. The maximum Gasteiger partial charge on any atom is 0.176 e. The standard InChI is InChI=1S/C18H27O2P/c1-4-6-7-15(5-2)14-21(3)18(20)13-10-16-8-11-17(19)12-9-16/h8-13,15,19H,4-7,14H2,1-3H3/b13-10+. The molecule has 116 valence electrons. The molecule has 1 aromatic rings. The smallest absolute Gasteiger partial charge is 0.176 e. The van der Waals surface area contributed by atoms with Gasteiger partial charge in [0, 0.05) is 0 Å². The van der Waals surface area contributed by atoms with Gasteiger partial charge in [-0.2, -0.15) is 0 Å². The first kappa shape index (κ1) is 17.9. The lowest BCUT2D eigenvalue weighted by atomic mass is 10.0. The highest BCUT2D eigenvalue weighted by Crippen LogP contribution is 2.37. The quantitative estimate of drug-likeness (QED) is 0.499. The highest BCUT2D eigenvalue weighted by molar-refractivity contribution is 7.74. The van der Waals surface area contributed by atoms with E-state index in [9.17, 15) is 9.90 Å². The number of hydrogen-bond acceptors (Lipinski definition) is 2. The molecule has 0 aromatic heterocycles. The number of carbonyl (C=O) groups is 1. The molecule has 2 nitrogen and oxygen atoms in total. The second-order valence-corrected chi connectivity index (χ2v) is 7.76. The lowest BCUT2D eigenvalue weighted by Crippen LogP contribution is -2.06. The highest BCUT2D eigenvalue weighted by atomic mass is 31.1. The topological polar surface area (TPSA) is 37.3 Å². The number of unbranched alkanes of at least 4 members (excludes halogenated alkanes) is 1. The molecule has 0 aliphatic heterocycles. The predicted octanol–water partition coefficient (Wildman–Crippen LogP) is 5.26. The number of carbonyl (C=O) groups excluding carboxylic acids is 1. The second kappa shape index (κ2) is 9.73. The van der Waals surface area contributed by atoms with Crippen molar-refractivity contribution >= 4 is 19.5 Å². The van der Waals surface area contributed by atoms with Crippen molar-refractivity contribution in [1.29, 1.82) is 0 Å². The van der Waals surface area contributed by atoms with Crippen molar-refractivity contribution in [2.75, 3.05) is 12.8 Å². The molecule has 0 aliphatic carbocycles. The van der Waals surface area contributed by atoms with Crippen molar-refractivity contribution in [2.45, 2.75) is 39.5 Å². The molecule has 0 fully saturated rings. The third kappa shape index (κ3) is 6.91. The lowest BCUT2D eigenvalue weighted by Gasteiger charge is -2.18. The molecule has 21 heavy (non-hydrogen) atoms. The Kier molecular flexibility index (Phi) is 8.30. The van der Waals surface area contributed by atoms with Crippen LogP contribution in [0, 0.1) is 5.92 Å². The van der Waals surface area contributed by atoms with E-state index >= 15 is 0 Å². The molecule has 0 amide bonds. The second-order valence-electron chi connectivity index (χ2n) is 5.56. The fraction of sp³-hybridized carbons (Fsp3) is 0.500. The number of allylic oxidation sites excluding steroid dienone is 1. The Labute approximate surface area is 130 Å². The van der Waals surface area contributed by atoms with Crippen LogP contribution in [0.15, 0.2) is 30.3 Å². The molecule has 0 aliphatic rings. The van der Waals surface area contributed by atoms with Gasteiger partial charge < -0.3 is 5.11 Å². The molecule has 1 N–H and O–H groups in total. The van der Waals surface area contributed by atoms with Gasteiger partial charge in [-0.1, -0.05) is 57.7 Å². The minimum atomic E-state index is -0.581. The summed E-state index contributed by atoms with van der Waals surface area (Å²) >= 11 is 0. The summed E-state index contributed by atoms with van der Waals surface area (Å²) in [7, 11) is -0.581. The molecule has 3 heteroatoms. The van der Waals surface area contributed by atoms with Crippen molar-refractivity contribution in [3.8, 4) is 5.75 Å². The van der Waals surface area contributed by atoms with Gasteiger partial charge in [0.1, 0.15) is 5.75 Å². The summed E-state index contributed by atoms with van der Waals surface area (Å²) in [4.78, 5) is 12.2. The first-order valence-corrected chi connectivity index (χ1v) is 9.76. The van der Waals surface area contributed by atoms with E-state index < -0.39 is 7.92 Å². The Morgan fingerprint density at radius 1 is 1.29 bits per heavy atom. The van der Waals surface area contributed by atoms with Crippen molar-refractivity contribution in [1.82, 2.24) is 0 Å². The molecule has 0 spiro atoms. The molecule has 1 aromatic carbocycles. The van der Waals surface area contributed by atoms with Crippen molar-refractivity contribution in [3.63, 3.8) is 0 Å². The summed E-state index contributed by atoms with van der Waals surface area (Å²) in [6.07, 6.45) is 9.49. The van der Waals surface area contributed by atoms with Crippen LogP contribution in [-0.2, 0) is 4.79 Å². The summed E-state index contributed by atoms with van der Waals surface area (Å²) in [5, 5.41) is 9.23. The number of phenols is 1.